The number of hydrogen-bond donors (Lipinski definition) is 4. The molecule has 0 fully saturated rings. The molecule has 0 aromatic carbocycles. The van der Waals surface area contributed by atoms with Gasteiger partial charge in [-0.05, 0) is 63.4 Å². The molecule has 1 aromatic heterocycles. The van der Waals surface area contributed by atoms with E-state index in [9.17, 15) is 9.90 Å². The van der Waals surface area contributed by atoms with Crippen molar-refractivity contribution in [2.75, 3.05) is 19.6 Å². The quantitative estimate of drug-likeness (QED) is 0.217. The van der Waals surface area contributed by atoms with E-state index in [1.165, 1.54) is 0 Å². The highest BCUT2D eigenvalue weighted by molar-refractivity contribution is 14.0. The molecule has 0 bridgehead atoms. The van der Waals surface area contributed by atoms with E-state index < -0.39 is 17.3 Å². The molecule has 0 saturated heterocycles. The number of nitrogens with zero attached hydrogens (tertiary/aromatic N) is 1. The number of aliphatic hydroxyl groups is 1. The summed E-state index contributed by atoms with van der Waals surface area (Å²) in [5, 5.41) is 23.9. The van der Waals surface area contributed by atoms with Gasteiger partial charge in [0.25, 0.3) is 0 Å². The average molecular weight is 541 g/mol. The third kappa shape index (κ3) is 11.6. The normalized spacial score (nSPS) is 14.9. The van der Waals surface area contributed by atoms with Crippen LogP contribution in [0, 0.1) is 0 Å². The van der Waals surface area contributed by atoms with Crippen LogP contribution < -0.4 is 16.0 Å². The molecule has 168 valence electrons. The number of amides is 1. The Bertz CT molecular complexity index is 616. The SMILES string of the molecule is CCCC(CNC(=NCC(C)(O)c1ccsc1)NCC)NC(=O)OC(C)(C)C.I. The van der Waals surface area contributed by atoms with Gasteiger partial charge < -0.3 is 25.8 Å². The highest BCUT2D eigenvalue weighted by atomic mass is 127. The number of aliphatic imine (C=N–C) groups is 1. The second-order valence-corrected chi connectivity index (χ2v) is 8.77. The first-order valence-electron chi connectivity index (χ1n) is 9.84. The summed E-state index contributed by atoms with van der Waals surface area (Å²) in [6.45, 7) is 12.8. The summed E-state index contributed by atoms with van der Waals surface area (Å²) in [7, 11) is 0. The van der Waals surface area contributed by atoms with Crippen LogP contribution in [0.15, 0.2) is 21.8 Å². The van der Waals surface area contributed by atoms with Gasteiger partial charge in [-0.15, -0.1) is 24.0 Å². The summed E-state index contributed by atoms with van der Waals surface area (Å²) in [5.41, 5.74) is -0.703. The second kappa shape index (κ2) is 13.3. The van der Waals surface area contributed by atoms with Crippen molar-refractivity contribution in [3.63, 3.8) is 0 Å². The number of thiophene rings is 1. The smallest absolute Gasteiger partial charge is 0.407 e. The van der Waals surface area contributed by atoms with Gasteiger partial charge in [0, 0.05) is 19.1 Å². The van der Waals surface area contributed by atoms with E-state index in [1.807, 2.05) is 44.5 Å². The van der Waals surface area contributed by atoms with Crippen molar-refractivity contribution in [3.05, 3.63) is 22.4 Å². The van der Waals surface area contributed by atoms with Crippen LogP contribution in [0.4, 0.5) is 4.79 Å². The fourth-order valence-electron chi connectivity index (χ4n) is 2.50. The number of alkyl carbamates (subject to hydrolysis) is 1. The molecule has 0 saturated carbocycles. The zero-order valence-electron chi connectivity index (χ0n) is 18.4. The molecule has 1 rings (SSSR count). The molecule has 1 aromatic rings. The Hall–Kier alpha value is -1.07. The minimum Gasteiger partial charge on any atom is -0.444 e. The van der Waals surface area contributed by atoms with Crippen LogP contribution in [-0.2, 0) is 10.3 Å². The van der Waals surface area contributed by atoms with Gasteiger partial charge in [-0.1, -0.05) is 13.3 Å². The van der Waals surface area contributed by atoms with Crippen LogP contribution in [0.2, 0.25) is 0 Å². The Labute approximate surface area is 196 Å². The Kier molecular flexibility index (Phi) is 12.8. The van der Waals surface area contributed by atoms with Crippen molar-refractivity contribution in [1.29, 1.82) is 0 Å². The summed E-state index contributed by atoms with van der Waals surface area (Å²) < 4.78 is 5.35. The number of guanidine groups is 1. The van der Waals surface area contributed by atoms with Crippen molar-refractivity contribution in [2.24, 2.45) is 4.99 Å². The zero-order valence-corrected chi connectivity index (χ0v) is 21.5. The Morgan fingerprint density at radius 2 is 1.97 bits per heavy atom. The maximum absolute atomic E-state index is 12.1. The lowest BCUT2D eigenvalue weighted by atomic mass is 10.00. The zero-order chi connectivity index (χ0) is 21.2. The predicted molar refractivity (Wildman–Crippen MR) is 131 cm³/mol. The van der Waals surface area contributed by atoms with Gasteiger partial charge in [0.1, 0.15) is 11.2 Å². The number of carbonyl (C=O) groups is 1. The molecular weight excluding hydrogens is 503 g/mol. The monoisotopic (exact) mass is 540 g/mol. The molecule has 0 spiro atoms. The predicted octanol–water partition coefficient (Wildman–Crippen LogP) is 3.82. The van der Waals surface area contributed by atoms with Gasteiger partial charge in [0.15, 0.2) is 5.96 Å². The van der Waals surface area contributed by atoms with Crippen LogP contribution in [0.3, 0.4) is 0 Å². The van der Waals surface area contributed by atoms with E-state index in [1.54, 1.807) is 18.3 Å². The molecule has 1 amide bonds. The summed E-state index contributed by atoms with van der Waals surface area (Å²) in [4.78, 5) is 16.6. The molecule has 0 aliphatic carbocycles. The number of nitrogens with one attached hydrogen (secondary N) is 3. The van der Waals surface area contributed by atoms with Gasteiger partial charge in [-0.3, -0.25) is 0 Å². The van der Waals surface area contributed by atoms with Crippen LogP contribution >= 0.6 is 35.3 Å². The lowest BCUT2D eigenvalue weighted by molar-refractivity contribution is 0.0502. The molecule has 7 nitrogen and oxygen atoms in total. The molecule has 2 unspecified atom stereocenters. The van der Waals surface area contributed by atoms with Gasteiger partial charge in [-0.2, -0.15) is 11.3 Å². The number of halogens is 1. The molecule has 9 heteroatoms. The summed E-state index contributed by atoms with van der Waals surface area (Å²) >= 11 is 1.55. The third-order valence-electron chi connectivity index (χ3n) is 3.91. The first-order chi connectivity index (χ1) is 13.1. The van der Waals surface area contributed by atoms with Crippen molar-refractivity contribution in [1.82, 2.24) is 16.0 Å². The third-order valence-corrected chi connectivity index (χ3v) is 4.59. The standard InChI is InChI=1S/C20H36N4O3S.HI/c1-7-9-16(24-18(25)27-19(3,4)5)12-22-17(21-8-2)23-14-20(6,26)15-10-11-28-13-15;/h10-11,13,16,26H,7-9,12,14H2,1-6H3,(H,24,25)(H2,21,22,23);1H. The van der Waals surface area contributed by atoms with E-state index >= 15 is 0 Å². The van der Waals surface area contributed by atoms with Gasteiger partial charge in [-0.25, -0.2) is 9.79 Å². The van der Waals surface area contributed by atoms with Crippen molar-refractivity contribution in [3.8, 4) is 0 Å². The van der Waals surface area contributed by atoms with Crippen molar-refractivity contribution in [2.45, 2.75) is 71.6 Å². The minimum absolute atomic E-state index is 0. The molecule has 1 heterocycles. The van der Waals surface area contributed by atoms with Gasteiger partial charge in [0.2, 0.25) is 0 Å². The first kappa shape index (κ1) is 27.9. The highest BCUT2D eigenvalue weighted by Gasteiger charge is 2.23. The lowest BCUT2D eigenvalue weighted by Gasteiger charge is -2.25. The average Bonchev–Trinajstić information content (AvgIpc) is 3.11. The topological polar surface area (TPSA) is 95.0 Å². The highest BCUT2D eigenvalue weighted by Crippen LogP contribution is 2.23. The van der Waals surface area contributed by atoms with E-state index in [0.717, 1.165) is 18.4 Å². The number of rotatable bonds is 9. The molecule has 29 heavy (non-hydrogen) atoms. The van der Waals surface area contributed by atoms with Gasteiger partial charge in [0.05, 0.1) is 6.54 Å². The van der Waals surface area contributed by atoms with Crippen LogP contribution in [0.5, 0.6) is 0 Å². The second-order valence-electron chi connectivity index (χ2n) is 7.99. The molecule has 2 atom stereocenters. The molecular formula is C20H37IN4O3S. The fourth-order valence-corrected chi connectivity index (χ4v) is 3.29. The Balaban J connectivity index is 0.00000784. The fraction of sp³-hybridized carbons (Fsp3) is 0.700. The van der Waals surface area contributed by atoms with Gasteiger partial charge >= 0.3 is 6.09 Å². The summed E-state index contributed by atoms with van der Waals surface area (Å²) in [5.74, 6) is 0.602. The van der Waals surface area contributed by atoms with E-state index in [2.05, 4.69) is 27.9 Å². The number of hydrogen-bond acceptors (Lipinski definition) is 5. The Morgan fingerprint density at radius 1 is 1.28 bits per heavy atom. The molecule has 0 radical (unpaired) electrons. The van der Waals surface area contributed by atoms with E-state index in [4.69, 9.17) is 4.74 Å². The number of ether oxygens (including phenoxy) is 1. The molecule has 0 aliphatic heterocycles. The van der Waals surface area contributed by atoms with Crippen molar-refractivity contribution >= 4 is 47.4 Å². The maximum Gasteiger partial charge on any atom is 0.407 e. The van der Waals surface area contributed by atoms with E-state index in [-0.39, 0.29) is 36.6 Å². The summed E-state index contributed by atoms with van der Waals surface area (Å²) in [6, 6.07) is 1.82. The largest absolute Gasteiger partial charge is 0.444 e. The first-order valence-corrected chi connectivity index (χ1v) is 10.8. The minimum atomic E-state index is -1.03. The van der Waals surface area contributed by atoms with Crippen molar-refractivity contribution < 1.29 is 14.6 Å². The van der Waals surface area contributed by atoms with Crippen LogP contribution in [0.1, 0.15) is 59.9 Å². The Morgan fingerprint density at radius 3 is 2.48 bits per heavy atom. The van der Waals surface area contributed by atoms with Crippen LogP contribution in [-0.4, -0.2) is 48.4 Å². The maximum atomic E-state index is 12.1. The van der Waals surface area contributed by atoms with E-state index in [0.29, 0.717) is 19.0 Å². The van der Waals surface area contributed by atoms with Crippen LogP contribution in [0.25, 0.3) is 0 Å². The molecule has 0 aliphatic rings. The number of carbonyl (C=O) groups excluding carboxylic acids is 1. The lowest BCUT2D eigenvalue weighted by Crippen LogP contribution is -2.48. The molecule has 4 N–H and O–H groups in total. The summed E-state index contributed by atoms with van der Waals surface area (Å²) in [6.07, 6.45) is 1.33.